The van der Waals surface area contributed by atoms with Crippen molar-refractivity contribution >= 4 is 10.4 Å². The molecule has 0 aromatic rings. The maximum absolute atomic E-state index is 9.89. The Morgan fingerprint density at radius 1 is 1.40 bits per heavy atom. The van der Waals surface area contributed by atoms with Crippen LogP contribution in [0.5, 0.6) is 0 Å². The first kappa shape index (κ1) is 9.83. The van der Waals surface area contributed by atoms with Crippen molar-refractivity contribution in [2.45, 2.75) is 6.42 Å². The van der Waals surface area contributed by atoms with Crippen molar-refractivity contribution in [1.29, 1.82) is 0 Å². The Morgan fingerprint density at radius 2 is 2.00 bits per heavy atom. The van der Waals surface area contributed by atoms with Crippen LogP contribution in [0.15, 0.2) is 0 Å². The van der Waals surface area contributed by atoms with Gasteiger partial charge in [-0.05, 0) is 6.42 Å². The molecule has 0 amide bonds. The van der Waals surface area contributed by atoms with E-state index in [1.807, 2.05) is 0 Å². The van der Waals surface area contributed by atoms with E-state index in [0.29, 0.717) is 13.0 Å². The highest BCUT2D eigenvalue weighted by Crippen LogP contribution is 1.88. The Balaban J connectivity index is 3.21. The van der Waals surface area contributed by atoms with Crippen molar-refractivity contribution < 1.29 is 21.9 Å². The second-order valence-electron chi connectivity index (χ2n) is 1.60. The van der Waals surface area contributed by atoms with Gasteiger partial charge in [0.15, 0.2) is 0 Å². The Labute approximate surface area is 59.9 Å². The zero-order valence-electron chi connectivity index (χ0n) is 5.61. The van der Waals surface area contributed by atoms with Crippen molar-refractivity contribution in [1.82, 2.24) is 0 Å². The molecule has 0 aromatic heterocycles. The fourth-order valence-corrected chi connectivity index (χ4v) is 0.696. The minimum atomic E-state index is -4.26. The van der Waals surface area contributed by atoms with Crippen LogP contribution >= 0.6 is 0 Å². The van der Waals surface area contributed by atoms with Crippen LogP contribution in [0, 0.1) is 0 Å². The molecule has 0 radical (unpaired) electrons. The molecular weight excluding hydrogens is 160 g/mol. The van der Waals surface area contributed by atoms with E-state index in [2.05, 4.69) is 8.92 Å². The van der Waals surface area contributed by atoms with Gasteiger partial charge in [-0.3, -0.25) is 4.55 Å². The van der Waals surface area contributed by atoms with Gasteiger partial charge in [0.05, 0.1) is 6.61 Å². The number of rotatable bonds is 5. The summed E-state index contributed by atoms with van der Waals surface area (Å²) in [6.45, 7) is 0.363. The smallest absolute Gasteiger partial charge is 0.385 e. The monoisotopic (exact) mass is 170 g/mol. The molecule has 62 valence electrons. The maximum Gasteiger partial charge on any atom is 0.397 e. The largest absolute Gasteiger partial charge is 0.397 e. The first-order valence-corrected chi connectivity index (χ1v) is 4.03. The van der Waals surface area contributed by atoms with Crippen LogP contribution in [0.2, 0.25) is 0 Å². The Hall–Kier alpha value is -0.170. The lowest BCUT2D eigenvalue weighted by Crippen LogP contribution is -2.06. The predicted molar refractivity (Wildman–Crippen MR) is 34.0 cm³/mol. The molecule has 0 aliphatic heterocycles. The molecule has 1 N–H and O–H groups in total. The average Bonchev–Trinajstić information content (AvgIpc) is 1.78. The van der Waals surface area contributed by atoms with Gasteiger partial charge < -0.3 is 4.74 Å². The lowest BCUT2D eigenvalue weighted by molar-refractivity contribution is 0.168. The molecule has 0 saturated carbocycles. The van der Waals surface area contributed by atoms with Crippen LogP contribution in [0.3, 0.4) is 0 Å². The van der Waals surface area contributed by atoms with Crippen LogP contribution in [0.1, 0.15) is 6.42 Å². The average molecular weight is 170 g/mol. The molecule has 10 heavy (non-hydrogen) atoms. The first-order valence-electron chi connectivity index (χ1n) is 2.67. The third-order valence-corrected chi connectivity index (χ3v) is 1.19. The van der Waals surface area contributed by atoms with Crippen LogP contribution in [0.4, 0.5) is 0 Å². The van der Waals surface area contributed by atoms with Gasteiger partial charge in [0, 0.05) is 13.7 Å². The molecule has 0 spiro atoms. The van der Waals surface area contributed by atoms with Gasteiger partial charge in [0.25, 0.3) is 0 Å². The van der Waals surface area contributed by atoms with Crippen molar-refractivity contribution in [2.24, 2.45) is 0 Å². The topological polar surface area (TPSA) is 72.8 Å². The van der Waals surface area contributed by atoms with Crippen LogP contribution in [-0.4, -0.2) is 33.3 Å². The standard InChI is InChI=1S/C4H10O5S/c1-8-3-2-4-9-10(5,6)7/h2-4H2,1H3,(H,5,6,7). The van der Waals surface area contributed by atoms with E-state index in [4.69, 9.17) is 4.55 Å². The predicted octanol–water partition coefficient (Wildman–Crippen LogP) is -0.158. The summed E-state index contributed by atoms with van der Waals surface area (Å²) in [6.07, 6.45) is 0.441. The van der Waals surface area contributed by atoms with Gasteiger partial charge in [-0.25, -0.2) is 4.18 Å². The molecule has 0 aliphatic rings. The first-order chi connectivity index (χ1) is 4.56. The van der Waals surface area contributed by atoms with Crippen LogP contribution in [-0.2, 0) is 19.3 Å². The third kappa shape index (κ3) is 7.83. The quantitative estimate of drug-likeness (QED) is 0.458. The minimum Gasteiger partial charge on any atom is -0.385 e. The number of hydrogen-bond acceptors (Lipinski definition) is 4. The molecule has 0 unspecified atom stereocenters. The van der Waals surface area contributed by atoms with E-state index >= 15 is 0 Å². The van der Waals surface area contributed by atoms with Crippen molar-refractivity contribution in [3.05, 3.63) is 0 Å². The minimum absolute atomic E-state index is 0.0489. The van der Waals surface area contributed by atoms with Crippen LogP contribution < -0.4 is 0 Å². The van der Waals surface area contributed by atoms with Gasteiger partial charge in [-0.1, -0.05) is 0 Å². The SMILES string of the molecule is COCCCOS(=O)(=O)O. The zero-order chi connectivity index (χ0) is 8.04. The molecule has 0 aromatic carbocycles. The molecule has 0 saturated heterocycles. The molecule has 0 bridgehead atoms. The zero-order valence-corrected chi connectivity index (χ0v) is 6.43. The number of hydrogen-bond donors (Lipinski definition) is 1. The summed E-state index contributed by atoms with van der Waals surface area (Å²) >= 11 is 0. The lowest BCUT2D eigenvalue weighted by Gasteiger charge is -1.97. The molecule has 6 heteroatoms. The van der Waals surface area contributed by atoms with E-state index in [1.54, 1.807) is 0 Å². The van der Waals surface area contributed by atoms with Gasteiger partial charge in [-0.15, -0.1) is 0 Å². The molecule has 5 nitrogen and oxygen atoms in total. The number of ether oxygens (including phenoxy) is 1. The summed E-state index contributed by atoms with van der Waals surface area (Å²) in [5, 5.41) is 0. The van der Waals surface area contributed by atoms with Crippen molar-refractivity contribution in [3.8, 4) is 0 Å². The molecule has 0 atom stereocenters. The van der Waals surface area contributed by atoms with Crippen LogP contribution in [0.25, 0.3) is 0 Å². The molecular formula is C4H10O5S. The fraction of sp³-hybridized carbons (Fsp3) is 1.00. The summed E-state index contributed by atoms with van der Waals surface area (Å²) in [4.78, 5) is 0. The van der Waals surface area contributed by atoms with E-state index in [0.717, 1.165) is 0 Å². The van der Waals surface area contributed by atoms with Gasteiger partial charge in [-0.2, -0.15) is 8.42 Å². The normalized spacial score (nSPS) is 11.8. The Morgan fingerprint density at radius 3 is 2.40 bits per heavy atom. The summed E-state index contributed by atoms with van der Waals surface area (Å²) in [7, 11) is -2.77. The highest BCUT2D eigenvalue weighted by molar-refractivity contribution is 7.80. The molecule has 0 rings (SSSR count). The second-order valence-corrected chi connectivity index (χ2v) is 2.69. The summed E-state index contributed by atoms with van der Waals surface area (Å²) < 4.78 is 36.4. The molecule has 0 fully saturated rings. The van der Waals surface area contributed by atoms with Gasteiger partial charge >= 0.3 is 10.4 Å². The highest BCUT2D eigenvalue weighted by atomic mass is 32.3. The highest BCUT2D eigenvalue weighted by Gasteiger charge is 2.01. The Kier molecular flexibility index (Phi) is 4.54. The van der Waals surface area contributed by atoms with E-state index < -0.39 is 10.4 Å². The summed E-state index contributed by atoms with van der Waals surface area (Å²) in [5.74, 6) is 0. The van der Waals surface area contributed by atoms with E-state index in [9.17, 15) is 8.42 Å². The van der Waals surface area contributed by atoms with E-state index in [-0.39, 0.29) is 6.61 Å². The van der Waals surface area contributed by atoms with Gasteiger partial charge in [0.2, 0.25) is 0 Å². The van der Waals surface area contributed by atoms with Crippen molar-refractivity contribution in [2.75, 3.05) is 20.3 Å². The summed E-state index contributed by atoms with van der Waals surface area (Å²) in [5.41, 5.74) is 0. The third-order valence-electron chi connectivity index (χ3n) is 0.725. The molecule has 0 aliphatic carbocycles. The maximum atomic E-state index is 9.89. The number of methoxy groups -OCH3 is 1. The lowest BCUT2D eigenvalue weighted by atomic mass is 10.5. The second kappa shape index (κ2) is 4.62. The fourth-order valence-electron chi connectivity index (χ4n) is 0.367. The van der Waals surface area contributed by atoms with E-state index in [1.165, 1.54) is 7.11 Å². The summed E-state index contributed by atoms with van der Waals surface area (Å²) in [6, 6.07) is 0. The molecule has 0 heterocycles. The van der Waals surface area contributed by atoms with Gasteiger partial charge in [0.1, 0.15) is 0 Å². The Bertz CT molecular complexity index is 160. The van der Waals surface area contributed by atoms with Crippen molar-refractivity contribution in [3.63, 3.8) is 0 Å².